The lowest BCUT2D eigenvalue weighted by atomic mass is 9.79. The van der Waals surface area contributed by atoms with Crippen LogP contribution < -0.4 is 24.4 Å². The van der Waals surface area contributed by atoms with E-state index in [2.05, 4.69) is 43.6 Å². The van der Waals surface area contributed by atoms with Crippen molar-refractivity contribution in [1.29, 1.82) is 0 Å². The fourth-order valence-corrected chi connectivity index (χ4v) is 4.27. The van der Waals surface area contributed by atoms with Crippen LogP contribution in [0.15, 0.2) is 102 Å². The Bertz CT molecular complexity index is 1370. The second kappa shape index (κ2) is 14.1. The predicted molar refractivity (Wildman–Crippen MR) is 171 cm³/mol. The molecule has 0 unspecified atom stereocenters. The maximum Gasteiger partial charge on any atom is 0.494 e. The number of hydrogen-bond donors (Lipinski definition) is 0. The zero-order valence-electron chi connectivity index (χ0n) is 25.1. The lowest BCUT2D eigenvalue weighted by molar-refractivity contribution is 0.00578. The average Bonchev–Trinajstić information content (AvgIpc) is 3.23. The first-order valence-electron chi connectivity index (χ1n) is 13.8. The molecule has 0 N–H and O–H groups in total. The van der Waals surface area contributed by atoms with Gasteiger partial charge in [-0.05, 0) is 105 Å². The third-order valence-corrected chi connectivity index (χ3v) is 7.88. The molecule has 8 heteroatoms. The van der Waals surface area contributed by atoms with E-state index in [1.807, 2.05) is 97.1 Å². The van der Waals surface area contributed by atoms with Crippen molar-refractivity contribution in [1.82, 2.24) is 0 Å². The van der Waals surface area contributed by atoms with E-state index in [1.54, 1.807) is 14.2 Å². The van der Waals surface area contributed by atoms with E-state index in [0.29, 0.717) is 13.2 Å². The smallest absolute Gasteiger partial charge is 0.494 e. The van der Waals surface area contributed by atoms with E-state index in [4.69, 9.17) is 28.3 Å². The van der Waals surface area contributed by atoms with Gasteiger partial charge in [-0.1, -0.05) is 52.3 Å². The third kappa shape index (κ3) is 8.54. The first kappa shape index (κ1) is 31.5. The van der Waals surface area contributed by atoms with Crippen molar-refractivity contribution in [2.24, 2.45) is 0 Å². The van der Waals surface area contributed by atoms with Gasteiger partial charge in [0.1, 0.15) is 36.2 Å². The van der Waals surface area contributed by atoms with Crippen LogP contribution in [0.3, 0.4) is 0 Å². The van der Waals surface area contributed by atoms with Gasteiger partial charge >= 0.3 is 7.12 Å². The SMILES string of the molecule is COc1ccc(COc2ccc(B3OC(C)(C)C(C)(C)O3)cc2)cc1.COc1ccc(COc2ccc(Br)cc2)cc1. The largest absolute Gasteiger partial charge is 0.497 e. The van der Waals surface area contributed by atoms with Gasteiger partial charge in [0.05, 0.1) is 25.4 Å². The molecule has 1 saturated heterocycles. The lowest BCUT2D eigenvalue weighted by Crippen LogP contribution is -2.41. The van der Waals surface area contributed by atoms with Crippen LogP contribution in [0.4, 0.5) is 0 Å². The Morgan fingerprint density at radius 1 is 0.548 bits per heavy atom. The van der Waals surface area contributed by atoms with Crippen molar-refractivity contribution >= 4 is 28.5 Å². The fraction of sp³-hybridized carbons (Fsp3) is 0.294. The van der Waals surface area contributed by atoms with Crippen molar-refractivity contribution in [3.05, 3.63) is 113 Å². The molecule has 0 spiro atoms. The van der Waals surface area contributed by atoms with E-state index in [9.17, 15) is 0 Å². The number of benzene rings is 4. The number of methoxy groups -OCH3 is 2. The summed E-state index contributed by atoms with van der Waals surface area (Å²) >= 11 is 3.39. The molecule has 42 heavy (non-hydrogen) atoms. The standard InChI is InChI=1S/C20H25BO4.C14H13BrO2/c1-19(2)20(3,4)25-21(24-19)16-8-12-18(13-9-16)23-14-15-6-10-17(22-5)11-7-15;1-16-13-6-2-11(3-7-13)10-17-14-8-4-12(15)5-9-14/h6-13H,14H2,1-5H3;2-9H,10H2,1H3. The summed E-state index contributed by atoms with van der Waals surface area (Å²) in [6.45, 7) is 9.29. The summed E-state index contributed by atoms with van der Waals surface area (Å²) in [7, 11) is 2.97. The van der Waals surface area contributed by atoms with Crippen LogP contribution in [0.25, 0.3) is 0 Å². The van der Waals surface area contributed by atoms with Crippen LogP contribution in [0.5, 0.6) is 23.0 Å². The van der Waals surface area contributed by atoms with Gasteiger partial charge in [0.15, 0.2) is 0 Å². The maximum absolute atomic E-state index is 6.07. The third-order valence-electron chi connectivity index (χ3n) is 7.35. The minimum absolute atomic E-state index is 0.332. The lowest BCUT2D eigenvalue weighted by Gasteiger charge is -2.32. The summed E-state index contributed by atoms with van der Waals surface area (Å²) in [6, 6.07) is 31.4. The fourth-order valence-electron chi connectivity index (χ4n) is 4.01. The first-order valence-corrected chi connectivity index (χ1v) is 14.6. The van der Waals surface area contributed by atoms with Gasteiger partial charge in [-0.2, -0.15) is 0 Å². The van der Waals surface area contributed by atoms with Crippen LogP contribution in [0.1, 0.15) is 38.8 Å². The van der Waals surface area contributed by atoms with E-state index in [-0.39, 0.29) is 18.3 Å². The summed E-state index contributed by atoms with van der Waals surface area (Å²) in [5.74, 6) is 3.38. The van der Waals surface area contributed by atoms with Crippen LogP contribution in [0, 0.1) is 0 Å². The number of ether oxygens (including phenoxy) is 4. The molecule has 0 aromatic heterocycles. The van der Waals surface area contributed by atoms with Crippen molar-refractivity contribution < 1.29 is 28.3 Å². The van der Waals surface area contributed by atoms with Gasteiger partial charge in [0.25, 0.3) is 0 Å². The molecule has 0 amide bonds. The highest BCUT2D eigenvalue weighted by molar-refractivity contribution is 9.10. The molecule has 4 aromatic carbocycles. The summed E-state index contributed by atoms with van der Waals surface area (Å²) < 4.78 is 34.9. The van der Waals surface area contributed by atoms with Crippen LogP contribution in [-0.2, 0) is 22.5 Å². The summed E-state index contributed by atoms with van der Waals surface area (Å²) in [4.78, 5) is 0. The molecule has 0 aliphatic carbocycles. The molecular weight excluding hydrogens is 595 g/mol. The second-order valence-corrected chi connectivity index (χ2v) is 11.8. The minimum atomic E-state index is -0.347. The predicted octanol–water partition coefficient (Wildman–Crippen LogP) is 7.61. The van der Waals surface area contributed by atoms with E-state index in [0.717, 1.165) is 44.1 Å². The zero-order chi connectivity index (χ0) is 30.2. The Kier molecular flexibility index (Phi) is 10.6. The Labute approximate surface area is 258 Å². The monoisotopic (exact) mass is 632 g/mol. The van der Waals surface area contributed by atoms with E-state index in [1.165, 1.54) is 0 Å². The number of rotatable bonds is 9. The minimum Gasteiger partial charge on any atom is -0.497 e. The topological polar surface area (TPSA) is 55.4 Å². The first-order chi connectivity index (χ1) is 20.1. The highest BCUT2D eigenvalue weighted by Crippen LogP contribution is 2.36. The maximum atomic E-state index is 6.07. The molecule has 0 saturated carbocycles. The van der Waals surface area contributed by atoms with Crippen molar-refractivity contribution in [2.75, 3.05) is 14.2 Å². The molecule has 1 fully saturated rings. The average molecular weight is 633 g/mol. The van der Waals surface area contributed by atoms with Gasteiger partial charge in [-0.3, -0.25) is 0 Å². The van der Waals surface area contributed by atoms with Crippen LogP contribution in [-0.4, -0.2) is 32.5 Å². The summed E-state index contributed by atoms with van der Waals surface area (Å²) in [5.41, 5.74) is 2.54. The molecule has 0 bridgehead atoms. The number of hydrogen-bond acceptors (Lipinski definition) is 6. The van der Waals surface area contributed by atoms with E-state index >= 15 is 0 Å². The van der Waals surface area contributed by atoms with Crippen molar-refractivity contribution in [3.8, 4) is 23.0 Å². The van der Waals surface area contributed by atoms with Gasteiger partial charge < -0.3 is 28.3 Å². The quantitative estimate of drug-likeness (QED) is 0.177. The molecule has 0 atom stereocenters. The molecule has 220 valence electrons. The molecule has 6 nitrogen and oxygen atoms in total. The van der Waals surface area contributed by atoms with Crippen molar-refractivity contribution in [2.45, 2.75) is 52.1 Å². The van der Waals surface area contributed by atoms with Gasteiger partial charge in [0, 0.05) is 4.47 Å². The van der Waals surface area contributed by atoms with Gasteiger partial charge in [-0.15, -0.1) is 0 Å². The molecule has 1 heterocycles. The normalized spacial score (nSPS) is 14.9. The summed E-state index contributed by atoms with van der Waals surface area (Å²) in [5, 5.41) is 0. The molecule has 1 aliphatic rings. The molecule has 1 aliphatic heterocycles. The molecule has 0 radical (unpaired) electrons. The van der Waals surface area contributed by atoms with Crippen LogP contribution in [0.2, 0.25) is 0 Å². The highest BCUT2D eigenvalue weighted by Gasteiger charge is 2.51. The second-order valence-electron chi connectivity index (χ2n) is 10.9. The molecule has 4 aromatic rings. The highest BCUT2D eigenvalue weighted by atomic mass is 79.9. The Hall–Kier alpha value is -3.46. The van der Waals surface area contributed by atoms with Gasteiger partial charge in [-0.25, -0.2) is 0 Å². The number of halogens is 1. The Morgan fingerprint density at radius 2 is 0.905 bits per heavy atom. The summed E-state index contributed by atoms with van der Waals surface area (Å²) in [6.07, 6.45) is 0. The van der Waals surface area contributed by atoms with Gasteiger partial charge in [0.2, 0.25) is 0 Å². The molecular formula is C34H38BBrO6. The Balaban J connectivity index is 0.000000208. The van der Waals surface area contributed by atoms with Crippen LogP contribution >= 0.6 is 15.9 Å². The zero-order valence-corrected chi connectivity index (χ0v) is 26.6. The Morgan fingerprint density at radius 3 is 1.29 bits per heavy atom. The van der Waals surface area contributed by atoms with E-state index < -0.39 is 0 Å². The van der Waals surface area contributed by atoms with Crippen molar-refractivity contribution in [3.63, 3.8) is 0 Å². The molecule has 5 rings (SSSR count).